The molecule has 0 spiro atoms. The largest absolute Gasteiger partial charge is 0.369 e. The number of nitrogens with zero attached hydrogens (tertiary/aromatic N) is 1. The standard InChI is InChI=1S/C15H21ClN2O2.ClH/c1-10(7-17)15(19)18-8-14(20-9-11(18)2)12-5-3-4-6-13(12)16;/h3-6,10-11,14H,7-9,17H2,1-2H3;1H. The summed E-state index contributed by atoms with van der Waals surface area (Å²) in [6.07, 6.45) is -0.172. The van der Waals surface area contributed by atoms with E-state index >= 15 is 0 Å². The van der Waals surface area contributed by atoms with Gasteiger partial charge in [-0.15, -0.1) is 12.4 Å². The topological polar surface area (TPSA) is 55.6 Å². The van der Waals surface area contributed by atoms with E-state index in [0.29, 0.717) is 24.7 Å². The Bertz CT molecular complexity index is 484. The number of hydrogen-bond donors (Lipinski definition) is 1. The van der Waals surface area contributed by atoms with Crippen LogP contribution in [0, 0.1) is 5.92 Å². The molecule has 21 heavy (non-hydrogen) atoms. The van der Waals surface area contributed by atoms with Crippen LogP contribution >= 0.6 is 24.0 Å². The summed E-state index contributed by atoms with van der Waals surface area (Å²) in [6, 6.07) is 7.66. The molecule has 4 nitrogen and oxygen atoms in total. The molecule has 0 bridgehead atoms. The normalized spacial score (nSPS) is 23.3. The average Bonchev–Trinajstić information content (AvgIpc) is 2.47. The summed E-state index contributed by atoms with van der Waals surface area (Å²) in [5.41, 5.74) is 6.52. The molecule has 3 unspecified atom stereocenters. The summed E-state index contributed by atoms with van der Waals surface area (Å²) >= 11 is 6.21. The van der Waals surface area contributed by atoms with Crippen molar-refractivity contribution >= 4 is 29.9 Å². The summed E-state index contributed by atoms with van der Waals surface area (Å²) in [4.78, 5) is 14.2. The van der Waals surface area contributed by atoms with Crippen molar-refractivity contribution in [2.75, 3.05) is 19.7 Å². The number of morpholine rings is 1. The highest BCUT2D eigenvalue weighted by Gasteiger charge is 2.32. The molecule has 1 saturated heterocycles. The molecule has 0 aromatic heterocycles. The van der Waals surface area contributed by atoms with E-state index in [-0.39, 0.29) is 36.4 Å². The predicted octanol–water partition coefficient (Wildman–Crippen LogP) is 2.65. The minimum atomic E-state index is -0.172. The van der Waals surface area contributed by atoms with Crippen LogP contribution in [0.5, 0.6) is 0 Å². The monoisotopic (exact) mass is 332 g/mol. The first kappa shape index (κ1) is 18.2. The number of amides is 1. The molecule has 0 aliphatic carbocycles. The van der Waals surface area contributed by atoms with Crippen LogP contribution < -0.4 is 5.73 Å². The maximum absolute atomic E-state index is 12.4. The quantitative estimate of drug-likeness (QED) is 0.925. The molecule has 0 saturated carbocycles. The molecule has 3 atom stereocenters. The Labute approximate surface area is 137 Å². The lowest BCUT2D eigenvalue weighted by atomic mass is 10.0. The predicted molar refractivity (Wildman–Crippen MR) is 86.8 cm³/mol. The molecular formula is C15H22Cl2N2O2. The molecule has 0 radical (unpaired) electrons. The molecule has 1 aromatic rings. The van der Waals surface area contributed by atoms with Gasteiger partial charge in [-0.05, 0) is 13.0 Å². The second kappa shape index (κ2) is 7.99. The third-order valence-corrected chi connectivity index (χ3v) is 4.09. The van der Waals surface area contributed by atoms with E-state index in [1.165, 1.54) is 0 Å². The number of ether oxygens (including phenoxy) is 1. The number of carbonyl (C=O) groups is 1. The molecule has 6 heteroatoms. The van der Waals surface area contributed by atoms with E-state index in [0.717, 1.165) is 5.56 Å². The van der Waals surface area contributed by atoms with Gasteiger partial charge in [0.25, 0.3) is 0 Å². The van der Waals surface area contributed by atoms with Gasteiger partial charge in [0.05, 0.1) is 19.2 Å². The number of hydrogen-bond acceptors (Lipinski definition) is 3. The van der Waals surface area contributed by atoms with Crippen molar-refractivity contribution in [3.63, 3.8) is 0 Å². The van der Waals surface area contributed by atoms with E-state index < -0.39 is 0 Å². The van der Waals surface area contributed by atoms with Crippen LogP contribution in [0.1, 0.15) is 25.5 Å². The number of rotatable bonds is 3. The molecule has 1 fully saturated rings. The smallest absolute Gasteiger partial charge is 0.227 e. The second-order valence-corrected chi connectivity index (χ2v) is 5.73. The van der Waals surface area contributed by atoms with Gasteiger partial charge in [-0.1, -0.05) is 36.7 Å². The second-order valence-electron chi connectivity index (χ2n) is 5.32. The first-order chi connectivity index (χ1) is 9.54. The molecule has 2 N–H and O–H groups in total. The third kappa shape index (κ3) is 4.10. The van der Waals surface area contributed by atoms with Crippen molar-refractivity contribution < 1.29 is 9.53 Å². The van der Waals surface area contributed by atoms with E-state index in [1.54, 1.807) is 0 Å². The Morgan fingerprint density at radius 2 is 2.19 bits per heavy atom. The zero-order valence-electron chi connectivity index (χ0n) is 12.3. The molecule has 1 aliphatic rings. The fourth-order valence-electron chi connectivity index (χ4n) is 2.37. The number of benzene rings is 1. The zero-order chi connectivity index (χ0) is 14.7. The van der Waals surface area contributed by atoms with Crippen LogP contribution in [-0.4, -0.2) is 36.5 Å². The van der Waals surface area contributed by atoms with Crippen LogP contribution in [0.4, 0.5) is 0 Å². The van der Waals surface area contributed by atoms with Gasteiger partial charge >= 0.3 is 0 Å². The fourth-order valence-corrected chi connectivity index (χ4v) is 2.63. The molecular weight excluding hydrogens is 311 g/mol. The van der Waals surface area contributed by atoms with Gasteiger partial charge in [0.2, 0.25) is 5.91 Å². The van der Waals surface area contributed by atoms with Crippen LogP contribution in [-0.2, 0) is 9.53 Å². The lowest BCUT2D eigenvalue weighted by molar-refractivity contribution is -0.148. The van der Waals surface area contributed by atoms with Crippen LogP contribution in [0.3, 0.4) is 0 Å². The number of halogens is 2. The average molecular weight is 333 g/mol. The SMILES string of the molecule is CC(CN)C(=O)N1CC(c2ccccc2Cl)OCC1C.Cl. The van der Waals surface area contributed by atoms with Crippen molar-refractivity contribution in [2.45, 2.75) is 26.0 Å². The minimum absolute atomic E-state index is 0. The zero-order valence-corrected chi connectivity index (χ0v) is 13.9. The third-order valence-electron chi connectivity index (χ3n) is 3.74. The summed E-state index contributed by atoms with van der Waals surface area (Å²) in [6.45, 7) is 5.24. The van der Waals surface area contributed by atoms with Gasteiger partial charge in [0.15, 0.2) is 0 Å². The Kier molecular flexibility index (Phi) is 6.94. The molecule has 1 aromatic carbocycles. The van der Waals surface area contributed by atoms with Crippen LogP contribution in [0.15, 0.2) is 24.3 Å². The van der Waals surface area contributed by atoms with Crippen LogP contribution in [0.2, 0.25) is 5.02 Å². The Balaban J connectivity index is 0.00000220. The maximum Gasteiger partial charge on any atom is 0.227 e. The van der Waals surface area contributed by atoms with Gasteiger partial charge in [-0.3, -0.25) is 4.79 Å². The first-order valence-corrected chi connectivity index (χ1v) is 7.29. The molecule has 1 heterocycles. The van der Waals surface area contributed by atoms with Gasteiger partial charge in [0, 0.05) is 23.0 Å². The Morgan fingerprint density at radius 1 is 1.52 bits per heavy atom. The highest BCUT2D eigenvalue weighted by Crippen LogP contribution is 2.30. The number of carbonyl (C=O) groups excluding carboxylic acids is 1. The first-order valence-electron chi connectivity index (χ1n) is 6.91. The summed E-state index contributed by atoms with van der Waals surface area (Å²) in [7, 11) is 0. The summed E-state index contributed by atoms with van der Waals surface area (Å²) in [5.74, 6) is -0.0807. The van der Waals surface area contributed by atoms with Gasteiger partial charge < -0.3 is 15.4 Å². The lowest BCUT2D eigenvalue weighted by Gasteiger charge is -2.39. The highest BCUT2D eigenvalue weighted by molar-refractivity contribution is 6.31. The Hall–Kier alpha value is -0.810. The summed E-state index contributed by atoms with van der Waals surface area (Å²) < 4.78 is 5.84. The highest BCUT2D eigenvalue weighted by atomic mass is 35.5. The van der Waals surface area contributed by atoms with Crippen molar-refractivity contribution in [1.29, 1.82) is 0 Å². The molecule has 1 aliphatic heterocycles. The van der Waals surface area contributed by atoms with Crippen molar-refractivity contribution in [1.82, 2.24) is 4.90 Å². The van der Waals surface area contributed by atoms with Crippen molar-refractivity contribution in [2.24, 2.45) is 11.7 Å². The van der Waals surface area contributed by atoms with Gasteiger partial charge in [-0.2, -0.15) is 0 Å². The molecule has 118 valence electrons. The van der Waals surface area contributed by atoms with E-state index in [4.69, 9.17) is 22.1 Å². The van der Waals surface area contributed by atoms with Crippen molar-refractivity contribution in [3.8, 4) is 0 Å². The molecule has 1 amide bonds. The minimum Gasteiger partial charge on any atom is -0.369 e. The number of nitrogens with two attached hydrogens (primary N) is 1. The van der Waals surface area contributed by atoms with E-state index in [2.05, 4.69) is 0 Å². The molecule has 2 rings (SSSR count). The van der Waals surface area contributed by atoms with Gasteiger partial charge in [-0.25, -0.2) is 0 Å². The van der Waals surface area contributed by atoms with E-state index in [9.17, 15) is 4.79 Å². The lowest BCUT2D eigenvalue weighted by Crippen LogP contribution is -2.50. The van der Waals surface area contributed by atoms with E-state index in [1.807, 2.05) is 43.0 Å². The Morgan fingerprint density at radius 3 is 2.81 bits per heavy atom. The fraction of sp³-hybridized carbons (Fsp3) is 0.533. The van der Waals surface area contributed by atoms with Gasteiger partial charge in [0.1, 0.15) is 6.10 Å². The van der Waals surface area contributed by atoms with Crippen LogP contribution in [0.25, 0.3) is 0 Å². The van der Waals surface area contributed by atoms with Crippen molar-refractivity contribution in [3.05, 3.63) is 34.9 Å². The maximum atomic E-state index is 12.4. The summed E-state index contributed by atoms with van der Waals surface area (Å²) in [5, 5.41) is 0.673.